The average Bonchev–Trinajstić information content (AvgIpc) is 2.34. The molecule has 0 aromatic carbocycles. The van der Waals surface area contributed by atoms with E-state index < -0.39 is 6.10 Å². The normalized spacial score (nSPS) is 14.5. The van der Waals surface area contributed by atoms with Gasteiger partial charge in [0.25, 0.3) is 0 Å². The van der Waals surface area contributed by atoms with Crippen LogP contribution in [0.3, 0.4) is 0 Å². The molecule has 1 N–H and O–H groups in total. The summed E-state index contributed by atoms with van der Waals surface area (Å²) in [5.74, 6) is 0. The van der Waals surface area contributed by atoms with E-state index in [9.17, 15) is 9.90 Å². The summed E-state index contributed by atoms with van der Waals surface area (Å²) in [7, 11) is 0. The van der Waals surface area contributed by atoms with Crippen LogP contribution in [-0.4, -0.2) is 17.5 Å². The van der Waals surface area contributed by atoms with E-state index in [1.807, 2.05) is 12.2 Å². The van der Waals surface area contributed by atoms with Gasteiger partial charge in [-0.25, -0.2) is 0 Å². The molecule has 17 heavy (non-hydrogen) atoms. The third kappa shape index (κ3) is 12.5. The lowest BCUT2D eigenvalue weighted by atomic mass is 10.2. The van der Waals surface area contributed by atoms with Gasteiger partial charge in [0.1, 0.15) is 6.29 Å². The average molecular weight is 234 g/mol. The molecule has 2 nitrogen and oxygen atoms in total. The smallest absolute Gasteiger partial charge is 0.142 e. The Morgan fingerprint density at radius 1 is 1.00 bits per heavy atom. The molecule has 0 saturated carbocycles. The van der Waals surface area contributed by atoms with E-state index >= 15 is 0 Å². The molecule has 0 aromatic rings. The number of hydrogen-bond acceptors (Lipinski definition) is 2. The van der Waals surface area contributed by atoms with Gasteiger partial charge in [0.2, 0.25) is 0 Å². The predicted octanol–water partition coefficient (Wildman–Crippen LogP) is 3.35. The van der Waals surface area contributed by atoms with Crippen LogP contribution in [0.5, 0.6) is 0 Å². The van der Waals surface area contributed by atoms with Crippen LogP contribution < -0.4 is 0 Å². The quantitative estimate of drug-likeness (QED) is 0.377. The van der Waals surface area contributed by atoms with Crippen LogP contribution in [0.1, 0.15) is 32.6 Å². The van der Waals surface area contributed by atoms with Crippen LogP contribution in [0, 0.1) is 0 Å². The van der Waals surface area contributed by atoms with Crippen LogP contribution in [0.25, 0.3) is 0 Å². The SMILES string of the molecule is CC/C=C\C/C=C\C/C=C\CC(O)/C=C/C=O. The van der Waals surface area contributed by atoms with E-state index in [1.165, 1.54) is 12.2 Å². The first-order valence-electron chi connectivity index (χ1n) is 6.06. The van der Waals surface area contributed by atoms with E-state index in [4.69, 9.17) is 0 Å². The molecule has 0 amide bonds. The Hall–Kier alpha value is -1.41. The van der Waals surface area contributed by atoms with Crippen molar-refractivity contribution in [1.29, 1.82) is 0 Å². The summed E-state index contributed by atoms with van der Waals surface area (Å²) in [6.07, 6.45) is 18.9. The summed E-state index contributed by atoms with van der Waals surface area (Å²) in [6.45, 7) is 2.12. The summed E-state index contributed by atoms with van der Waals surface area (Å²) in [5.41, 5.74) is 0. The molecule has 0 saturated heterocycles. The number of rotatable bonds is 9. The third-order valence-corrected chi connectivity index (χ3v) is 2.07. The van der Waals surface area contributed by atoms with Crippen molar-refractivity contribution >= 4 is 6.29 Å². The maximum absolute atomic E-state index is 10.0. The van der Waals surface area contributed by atoms with Crippen molar-refractivity contribution in [3.05, 3.63) is 48.6 Å². The fraction of sp³-hybridized carbons (Fsp3) is 0.400. The number of allylic oxidation sites excluding steroid dienone is 6. The van der Waals surface area contributed by atoms with Crippen molar-refractivity contribution in [3.63, 3.8) is 0 Å². The summed E-state index contributed by atoms with van der Waals surface area (Å²) in [4.78, 5) is 10.0. The van der Waals surface area contributed by atoms with E-state index in [0.717, 1.165) is 19.3 Å². The Bertz CT molecular complexity index is 285. The fourth-order valence-corrected chi connectivity index (χ4v) is 1.20. The monoisotopic (exact) mass is 234 g/mol. The van der Waals surface area contributed by atoms with Crippen LogP contribution in [0.2, 0.25) is 0 Å². The standard InChI is InChI=1S/C15H22O2/c1-2-3-4-5-6-7-8-9-10-12-15(17)13-11-14-16/h3-4,6-7,9-11,13-15,17H,2,5,8,12H2,1H3/b4-3-,7-6-,10-9-,13-11+. The van der Waals surface area contributed by atoms with Gasteiger partial charge in [0, 0.05) is 0 Å². The van der Waals surface area contributed by atoms with Crippen LogP contribution >= 0.6 is 0 Å². The molecule has 0 aliphatic rings. The molecule has 0 aliphatic carbocycles. The molecular formula is C15H22O2. The van der Waals surface area contributed by atoms with Crippen molar-refractivity contribution in [2.45, 2.75) is 38.7 Å². The minimum absolute atomic E-state index is 0.550. The molecule has 0 aromatic heterocycles. The molecule has 0 bridgehead atoms. The van der Waals surface area contributed by atoms with Gasteiger partial charge in [0.05, 0.1) is 6.10 Å². The van der Waals surface area contributed by atoms with Crippen LogP contribution in [0.15, 0.2) is 48.6 Å². The van der Waals surface area contributed by atoms with Crippen molar-refractivity contribution in [2.24, 2.45) is 0 Å². The summed E-state index contributed by atoms with van der Waals surface area (Å²) < 4.78 is 0. The molecule has 94 valence electrons. The molecule has 1 atom stereocenters. The Balaban J connectivity index is 3.57. The van der Waals surface area contributed by atoms with E-state index in [0.29, 0.717) is 12.7 Å². The largest absolute Gasteiger partial charge is 0.389 e. The number of carbonyl (C=O) groups is 1. The molecule has 0 aliphatic heterocycles. The van der Waals surface area contributed by atoms with Gasteiger partial charge in [-0.05, 0) is 31.8 Å². The lowest BCUT2D eigenvalue weighted by molar-refractivity contribution is -0.104. The van der Waals surface area contributed by atoms with Crippen molar-refractivity contribution in [3.8, 4) is 0 Å². The lowest BCUT2D eigenvalue weighted by Crippen LogP contribution is -1.98. The highest BCUT2D eigenvalue weighted by molar-refractivity contribution is 5.64. The second kappa shape index (κ2) is 12.7. The van der Waals surface area contributed by atoms with Gasteiger partial charge >= 0.3 is 0 Å². The molecular weight excluding hydrogens is 212 g/mol. The van der Waals surface area contributed by atoms with E-state index in [1.54, 1.807) is 0 Å². The molecule has 1 unspecified atom stereocenters. The van der Waals surface area contributed by atoms with Gasteiger partial charge in [0.15, 0.2) is 0 Å². The second-order valence-electron chi connectivity index (χ2n) is 3.62. The predicted molar refractivity (Wildman–Crippen MR) is 72.8 cm³/mol. The van der Waals surface area contributed by atoms with Crippen molar-refractivity contribution in [2.75, 3.05) is 0 Å². The zero-order valence-electron chi connectivity index (χ0n) is 10.5. The third-order valence-electron chi connectivity index (χ3n) is 2.07. The zero-order valence-corrected chi connectivity index (χ0v) is 10.5. The summed E-state index contributed by atoms with van der Waals surface area (Å²) in [5, 5.41) is 9.36. The Morgan fingerprint density at radius 2 is 1.59 bits per heavy atom. The van der Waals surface area contributed by atoms with Crippen LogP contribution in [0.4, 0.5) is 0 Å². The van der Waals surface area contributed by atoms with Crippen molar-refractivity contribution < 1.29 is 9.90 Å². The molecule has 0 spiro atoms. The molecule has 0 fully saturated rings. The summed E-state index contributed by atoms with van der Waals surface area (Å²) >= 11 is 0. The first kappa shape index (κ1) is 15.6. The van der Waals surface area contributed by atoms with Gasteiger partial charge in [-0.15, -0.1) is 0 Å². The lowest BCUT2D eigenvalue weighted by Gasteiger charge is -1.98. The Kier molecular flexibility index (Phi) is 11.6. The Morgan fingerprint density at radius 3 is 2.18 bits per heavy atom. The molecule has 0 rings (SSSR count). The van der Waals surface area contributed by atoms with Crippen LogP contribution in [-0.2, 0) is 4.79 Å². The van der Waals surface area contributed by atoms with Gasteiger partial charge in [-0.1, -0.05) is 49.5 Å². The molecule has 0 heterocycles. The van der Waals surface area contributed by atoms with Crippen molar-refractivity contribution in [1.82, 2.24) is 0 Å². The van der Waals surface area contributed by atoms with Gasteiger partial charge in [-0.2, -0.15) is 0 Å². The minimum atomic E-state index is -0.562. The maximum atomic E-state index is 10.0. The van der Waals surface area contributed by atoms with E-state index in [-0.39, 0.29) is 0 Å². The topological polar surface area (TPSA) is 37.3 Å². The number of hydrogen-bond donors (Lipinski definition) is 1. The number of aldehydes is 1. The number of carbonyl (C=O) groups excluding carboxylic acids is 1. The fourth-order valence-electron chi connectivity index (χ4n) is 1.20. The van der Waals surface area contributed by atoms with Gasteiger partial charge < -0.3 is 5.11 Å². The van der Waals surface area contributed by atoms with Gasteiger partial charge in [-0.3, -0.25) is 4.79 Å². The number of aliphatic hydroxyl groups excluding tert-OH is 1. The minimum Gasteiger partial charge on any atom is -0.389 e. The highest BCUT2D eigenvalue weighted by Gasteiger charge is 1.92. The molecule has 0 radical (unpaired) electrons. The Labute approximate surface area is 104 Å². The van der Waals surface area contributed by atoms with E-state index in [2.05, 4.69) is 31.2 Å². The maximum Gasteiger partial charge on any atom is 0.142 e. The first-order chi connectivity index (χ1) is 8.31. The highest BCUT2D eigenvalue weighted by atomic mass is 16.3. The number of aliphatic hydroxyl groups is 1. The zero-order chi connectivity index (χ0) is 12.8. The highest BCUT2D eigenvalue weighted by Crippen LogP contribution is 1.97. The second-order valence-corrected chi connectivity index (χ2v) is 3.62. The summed E-state index contributed by atoms with van der Waals surface area (Å²) in [6, 6.07) is 0. The first-order valence-corrected chi connectivity index (χ1v) is 6.06. The molecule has 2 heteroatoms.